The van der Waals surface area contributed by atoms with Crippen LogP contribution in [0.1, 0.15) is 40.9 Å². The van der Waals surface area contributed by atoms with Crippen LogP contribution >= 0.6 is 0 Å². The minimum atomic E-state index is -1.00. The van der Waals surface area contributed by atoms with Gasteiger partial charge in [0.1, 0.15) is 30.5 Å². The molecule has 1 N–H and O–H groups in total. The Morgan fingerprint density at radius 2 is 1.40 bits per heavy atom. The fourth-order valence-electron chi connectivity index (χ4n) is 6.52. The standard InChI is InChI=1S/C34H32O8/c1-38-25-14-5-3-11-23(25)28-30(33(35)36)29(24-12-4-6-15-26(24)39-2)31(28)34(37)42-21-10-7-9-20(19-21)22-13-8-16-27-32(22)41-18-17-40-27/h3-8,10-16,19-20,28-31H,9,17-18H2,1-2H3,(H,35,36)/t20?,28-,29?,30?,31?/m0/s1. The Morgan fingerprint density at radius 3 is 2.05 bits per heavy atom. The minimum Gasteiger partial charge on any atom is -0.496 e. The molecule has 0 spiro atoms. The number of ether oxygens (including phenoxy) is 5. The monoisotopic (exact) mass is 568 g/mol. The number of carbonyl (C=O) groups excluding carboxylic acids is 1. The van der Waals surface area contributed by atoms with Crippen molar-refractivity contribution in [1.29, 1.82) is 0 Å². The summed E-state index contributed by atoms with van der Waals surface area (Å²) in [7, 11) is 3.07. The van der Waals surface area contributed by atoms with E-state index in [2.05, 4.69) is 0 Å². The molecule has 216 valence electrons. The van der Waals surface area contributed by atoms with Crippen LogP contribution in [0, 0.1) is 11.8 Å². The van der Waals surface area contributed by atoms with Gasteiger partial charge in [0.2, 0.25) is 0 Å². The number of carboxylic acid groups (broad SMARTS) is 1. The molecule has 0 radical (unpaired) electrons. The zero-order valence-corrected chi connectivity index (χ0v) is 23.4. The van der Waals surface area contributed by atoms with Gasteiger partial charge in [-0.1, -0.05) is 54.6 Å². The summed E-state index contributed by atoms with van der Waals surface area (Å²) in [5.41, 5.74) is 2.26. The van der Waals surface area contributed by atoms with Gasteiger partial charge in [-0.2, -0.15) is 0 Å². The third-order valence-electron chi connectivity index (χ3n) is 8.35. The van der Waals surface area contributed by atoms with Gasteiger partial charge in [-0.3, -0.25) is 9.59 Å². The average molecular weight is 569 g/mol. The van der Waals surface area contributed by atoms with Crippen molar-refractivity contribution < 1.29 is 38.4 Å². The number of fused-ring (bicyclic) bond motifs is 1. The van der Waals surface area contributed by atoms with Crippen molar-refractivity contribution in [3.63, 3.8) is 0 Å². The number of para-hydroxylation sites is 3. The molecule has 1 aliphatic heterocycles. The van der Waals surface area contributed by atoms with Crippen molar-refractivity contribution in [2.75, 3.05) is 27.4 Å². The summed E-state index contributed by atoms with van der Waals surface area (Å²) in [6.07, 6.45) is 6.37. The van der Waals surface area contributed by atoms with E-state index in [4.69, 9.17) is 23.7 Å². The second-order valence-electron chi connectivity index (χ2n) is 10.5. The summed E-state index contributed by atoms with van der Waals surface area (Å²) in [6, 6.07) is 20.2. The molecule has 1 heterocycles. The number of esters is 1. The zero-order valence-electron chi connectivity index (χ0n) is 23.4. The van der Waals surface area contributed by atoms with Crippen LogP contribution in [0.4, 0.5) is 0 Å². The maximum Gasteiger partial charge on any atom is 0.315 e. The van der Waals surface area contributed by atoms with Gasteiger partial charge in [-0.05, 0) is 47.9 Å². The molecule has 8 heteroatoms. The van der Waals surface area contributed by atoms with E-state index in [1.54, 1.807) is 18.2 Å². The molecule has 0 amide bonds. The number of hydrogen-bond donors (Lipinski definition) is 1. The normalized spacial score (nSPS) is 24.1. The van der Waals surface area contributed by atoms with Gasteiger partial charge < -0.3 is 28.8 Å². The Kier molecular flexibility index (Phi) is 7.61. The second kappa shape index (κ2) is 11.6. The molecule has 3 aromatic carbocycles. The van der Waals surface area contributed by atoms with Gasteiger partial charge >= 0.3 is 11.9 Å². The van der Waals surface area contributed by atoms with Gasteiger partial charge in [0.05, 0.1) is 26.1 Å². The molecule has 3 aromatic rings. The first-order valence-corrected chi connectivity index (χ1v) is 14.0. The summed E-state index contributed by atoms with van der Waals surface area (Å²) >= 11 is 0. The maximum absolute atomic E-state index is 14.1. The van der Waals surface area contributed by atoms with Crippen LogP contribution in [-0.2, 0) is 14.3 Å². The Morgan fingerprint density at radius 1 is 0.786 bits per heavy atom. The molecular weight excluding hydrogens is 536 g/mol. The molecule has 4 unspecified atom stereocenters. The number of allylic oxidation sites excluding steroid dienone is 3. The van der Waals surface area contributed by atoms with Crippen molar-refractivity contribution in [2.45, 2.75) is 24.2 Å². The molecule has 5 atom stereocenters. The number of benzene rings is 3. The van der Waals surface area contributed by atoms with Gasteiger partial charge in [0, 0.05) is 23.3 Å². The number of carboxylic acids is 1. The Hall–Kier alpha value is -4.72. The summed E-state index contributed by atoms with van der Waals surface area (Å²) in [6.45, 7) is 0.971. The van der Waals surface area contributed by atoms with E-state index < -0.39 is 35.6 Å². The molecule has 8 nitrogen and oxygen atoms in total. The number of methoxy groups -OCH3 is 2. The van der Waals surface area contributed by atoms with Crippen LogP contribution in [0.2, 0.25) is 0 Å². The van der Waals surface area contributed by atoms with Crippen LogP contribution in [0.5, 0.6) is 23.0 Å². The van der Waals surface area contributed by atoms with Gasteiger partial charge in [0.15, 0.2) is 11.5 Å². The Labute approximate surface area is 244 Å². The number of hydrogen-bond acceptors (Lipinski definition) is 7. The minimum absolute atomic E-state index is 0.0855. The first-order chi connectivity index (χ1) is 20.5. The highest BCUT2D eigenvalue weighted by molar-refractivity contribution is 5.86. The quantitative estimate of drug-likeness (QED) is 0.338. The smallest absolute Gasteiger partial charge is 0.315 e. The van der Waals surface area contributed by atoms with E-state index in [0.717, 1.165) is 5.56 Å². The lowest BCUT2D eigenvalue weighted by molar-refractivity contribution is -0.161. The first kappa shape index (κ1) is 27.4. The van der Waals surface area contributed by atoms with E-state index in [-0.39, 0.29) is 5.92 Å². The highest BCUT2D eigenvalue weighted by Gasteiger charge is 2.60. The highest BCUT2D eigenvalue weighted by atomic mass is 16.6. The predicted octanol–water partition coefficient (Wildman–Crippen LogP) is 5.84. The molecule has 0 saturated heterocycles. The van der Waals surface area contributed by atoms with Crippen LogP contribution in [0.3, 0.4) is 0 Å². The molecule has 6 rings (SSSR count). The SMILES string of the molecule is COc1ccccc1C1C(C(=O)O)[C@H](c2ccccc2OC)C1C(=O)OC1=CC(c2cccc3c2OCCO3)CC=C1. The Bertz CT molecular complexity index is 1500. The fourth-order valence-corrected chi connectivity index (χ4v) is 6.52. The van der Waals surface area contributed by atoms with Crippen LogP contribution in [0.15, 0.2) is 90.7 Å². The molecule has 0 bridgehead atoms. The average Bonchev–Trinajstić information content (AvgIpc) is 3.00. The lowest BCUT2D eigenvalue weighted by atomic mass is 9.52. The van der Waals surface area contributed by atoms with E-state index in [1.165, 1.54) is 14.2 Å². The maximum atomic E-state index is 14.1. The summed E-state index contributed by atoms with van der Waals surface area (Å²) in [4.78, 5) is 26.8. The second-order valence-corrected chi connectivity index (χ2v) is 10.5. The van der Waals surface area contributed by atoms with E-state index in [0.29, 0.717) is 59.5 Å². The summed E-state index contributed by atoms with van der Waals surface area (Å²) in [5, 5.41) is 10.4. The van der Waals surface area contributed by atoms with Crippen LogP contribution in [0.25, 0.3) is 0 Å². The van der Waals surface area contributed by atoms with Crippen molar-refractivity contribution >= 4 is 11.9 Å². The molecule has 3 aliphatic rings. The van der Waals surface area contributed by atoms with E-state index in [1.807, 2.05) is 66.7 Å². The third kappa shape index (κ3) is 4.87. The van der Waals surface area contributed by atoms with Crippen molar-refractivity contribution in [2.24, 2.45) is 11.8 Å². The van der Waals surface area contributed by atoms with E-state index in [9.17, 15) is 14.7 Å². The number of aliphatic carboxylic acids is 1. The summed E-state index contributed by atoms with van der Waals surface area (Å²) in [5.74, 6) is -1.76. The zero-order chi connectivity index (χ0) is 29.2. The highest BCUT2D eigenvalue weighted by Crippen LogP contribution is 2.61. The molecule has 1 saturated carbocycles. The van der Waals surface area contributed by atoms with E-state index >= 15 is 0 Å². The Balaban J connectivity index is 1.36. The van der Waals surface area contributed by atoms with Crippen molar-refractivity contribution in [3.8, 4) is 23.0 Å². The third-order valence-corrected chi connectivity index (χ3v) is 8.35. The first-order valence-electron chi connectivity index (χ1n) is 14.0. The van der Waals surface area contributed by atoms with Crippen LogP contribution < -0.4 is 18.9 Å². The van der Waals surface area contributed by atoms with Crippen LogP contribution in [-0.4, -0.2) is 44.5 Å². The number of carbonyl (C=O) groups is 2. The largest absolute Gasteiger partial charge is 0.496 e. The van der Waals surface area contributed by atoms with Crippen molar-refractivity contribution in [1.82, 2.24) is 0 Å². The number of rotatable bonds is 8. The lowest BCUT2D eigenvalue weighted by Gasteiger charge is -2.49. The molecule has 1 fully saturated rings. The van der Waals surface area contributed by atoms with Gasteiger partial charge in [0.25, 0.3) is 0 Å². The topological polar surface area (TPSA) is 101 Å². The molecule has 2 aliphatic carbocycles. The lowest BCUT2D eigenvalue weighted by Crippen LogP contribution is -2.51. The molecule has 0 aromatic heterocycles. The van der Waals surface area contributed by atoms with Gasteiger partial charge in [-0.25, -0.2) is 0 Å². The molecule has 42 heavy (non-hydrogen) atoms. The van der Waals surface area contributed by atoms with Gasteiger partial charge in [-0.15, -0.1) is 0 Å². The predicted molar refractivity (Wildman–Crippen MR) is 154 cm³/mol. The fraction of sp³-hybridized carbons (Fsp3) is 0.294. The molecular formula is C34H32O8. The summed E-state index contributed by atoms with van der Waals surface area (Å²) < 4.78 is 28.9. The van der Waals surface area contributed by atoms with Crippen molar-refractivity contribution in [3.05, 3.63) is 107 Å².